The molecule has 0 fully saturated rings. The van der Waals surface area contributed by atoms with Crippen molar-refractivity contribution in [2.75, 3.05) is 7.11 Å². The first kappa shape index (κ1) is 15.3. The van der Waals surface area contributed by atoms with Crippen LogP contribution in [-0.4, -0.2) is 7.11 Å². The van der Waals surface area contributed by atoms with Crippen molar-refractivity contribution >= 4 is 34.8 Å². The summed E-state index contributed by atoms with van der Waals surface area (Å²) in [6, 6.07) is 10.9. The van der Waals surface area contributed by atoms with Crippen molar-refractivity contribution in [3.8, 4) is 11.5 Å². The molecule has 5 heteroatoms. The van der Waals surface area contributed by atoms with E-state index in [0.29, 0.717) is 34.0 Å². The Balaban J connectivity index is 2.17. The molecule has 0 radical (unpaired) electrons. The molecule has 2 aromatic rings. The summed E-state index contributed by atoms with van der Waals surface area (Å²) >= 11 is 17.8. The Morgan fingerprint density at radius 2 is 1.80 bits per heavy atom. The Morgan fingerprint density at radius 3 is 2.45 bits per heavy atom. The molecule has 0 heterocycles. The minimum absolute atomic E-state index is 0.331. The molecular weight excluding hydrogens is 319 g/mol. The second kappa shape index (κ2) is 7.07. The molecule has 0 saturated carbocycles. The molecule has 0 unspecified atom stereocenters. The maximum atomic E-state index is 6.11. The summed E-state index contributed by atoms with van der Waals surface area (Å²) in [5, 5.41) is 1.17. The summed E-state index contributed by atoms with van der Waals surface area (Å²) in [4.78, 5) is 0. The summed E-state index contributed by atoms with van der Waals surface area (Å²) in [6.45, 7) is 0.331. The van der Waals surface area contributed by atoms with Gasteiger partial charge in [0.1, 0.15) is 6.61 Å². The van der Waals surface area contributed by atoms with Gasteiger partial charge in [-0.1, -0.05) is 35.3 Å². The standard InChI is InChI=1S/C15H13Cl3O2/c1-19-14-5-2-10(8-16)6-15(14)20-9-11-3-4-12(17)7-13(11)18/h2-7H,8-9H2,1H3. The number of halogens is 3. The fourth-order valence-electron chi connectivity index (χ4n) is 1.71. The lowest BCUT2D eigenvalue weighted by atomic mass is 10.2. The Hall–Kier alpha value is -1.09. The molecular formula is C15H13Cl3O2. The summed E-state index contributed by atoms with van der Waals surface area (Å²) in [5.41, 5.74) is 1.82. The van der Waals surface area contributed by atoms with Crippen LogP contribution in [0.3, 0.4) is 0 Å². The predicted octanol–water partition coefficient (Wildman–Crippen LogP) is 5.32. The van der Waals surface area contributed by atoms with Gasteiger partial charge in [-0.3, -0.25) is 0 Å². The minimum atomic E-state index is 0.331. The summed E-state index contributed by atoms with van der Waals surface area (Å²) < 4.78 is 11.0. The van der Waals surface area contributed by atoms with Gasteiger partial charge in [0.15, 0.2) is 11.5 Å². The summed E-state index contributed by atoms with van der Waals surface area (Å²) in [6.07, 6.45) is 0. The van der Waals surface area contributed by atoms with Crippen LogP contribution in [0.5, 0.6) is 11.5 Å². The Bertz CT molecular complexity index is 600. The Kier molecular flexibility index (Phi) is 5.41. The van der Waals surface area contributed by atoms with Crippen LogP contribution in [0.15, 0.2) is 36.4 Å². The molecule has 0 saturated heterocycles. The monoisotopic (exact) mass is 330 g/mol. The van der Waals surface area contributed by atoms with E-state index in [1.807, 2.05) is 24.3 Å². The van der Waals surface area contributed by atoms with Gasteiger partial charge in [0.05, 0.1) is 7.11 Å². The van der Waals surface area contributed by atoms with Crippen molar-refractivity contribution in [1.82, 2.24) is 0 Å². The van der Waals surface area contributed by atoms with Crippen LogP contribution in [0.2, 0.25) is 10.0 Å². The number of hydrogen-bond acceptors (Lipinski definition) is 2. The number of benzene rings is 2. The molecule has 0 aliphatic heterocycles. The van der Waals surface area contributed by atoms with Crippen molar-refractivity contribution in [2.45, 2.75) is 12.5 Å². The first-order valence-electron chi connectivity index (χ1n) is 5.93. The average molecular weight is 332 g/mol. The van der Waals surface area contributed by atoms with E-state index in [1.54, 1.807) is 19.2 Å². The summed E-state index contributed by atoms with van der Waals surface area (Å²) in [5.74, 6) is 1.71. The van der Waals surface area contributed by atoms with Crippen LogP contribution in [0, 0.1) is 0 Å². The van der Waals surface area contributed by atoms with E-state index in [2.05, 4.69) is 0 Å². The van der Waals surface area contributed by atoms with Gasteiger partial charge >= 0.3 is 0 Å². The molecule has 0 aliphatic carbocycles. The van der Waals surface area contributed by atoms with Gasteiger partial charge in [-0.05, 0) is 29.8 Å². The van der Waals surface area contributed by atoms with Crippen molar-refractivity contribution in [1.29, 1.82) is 0 Å². The zero-order chi connectivity index (χ0) is 14.5. The molecule has 2 rings (SSSR count). The molecule has 0 aliphatic rings. The van der Waals surface area contributed by atoms with Crippen molar-refractivity contribution in [2.24, 2.45) is 0 Å². The van der Waals surface area contributed by atoms with E-state index in [9.17, 15) is 0 Å². The van der Waals surface area contributed by atoms with Crippen molar-refractivity contribution in [3.63, 3.8) is 0 Å². The second-order valence-corrected chi connectivity index (χ2v) is 5.25. The maximum Gasteiger partial charge on any atom is 0.161 e. The number of hydrogen-bond donors (Lipinski definition) is 0. The first-order chi connectivity index (χ1) is 9.63. The van der Waals surface area contributed by atoms with Crippen LogP contribution in [0.25, 0.3) is 0 Å². The van der Waals surface area contributed by atoms with E-state index in [1.165, 1.54) is 0 Å². The van der Waals surface area contributed by atoms with Gasteiger partial charge in [0, 0.05) is 21.5 Å². The largest absolute Gasteiger partial charge is 0.493 e. The Morgan fingerprint density at radius 1 is 1.00 bits per heavy atom. The quantitative estimate of drug-likeness (QED) is 0.690. The third kappa shape index (κ3) is 3.72. The molecule has 106 valence electrons. The second-order valence-electron chi connectivity index (χ2n) is 4.14. The van der Waals surface area contributed by atoms with Crippen molar-refractivity contribution in [3.05, 3.63) is 57.6 Å². The number of ether oxygens (including phenoxy) is 2. The highest BCUT2D eigenvalue weighted by atomic mass is 35.5. The normalized spacial score (nSPS) is 10.4. The number of methoxy groups -OCH3 is 1. The van der Waals surface area contributed by atoms with Crippen LogP contribution < -0.4 is 9.47 Å². The van der Waals surface area contributed by atoms with Crippen LogP contribution >= 0.6 is 34.8 Å². The fourth-order valence-corrected chi connectivity index (χ4v) is 2.34. The van der Waals surface area contributed by atoms with E-state index in [4.69, 9.17) is 44.3 Å². The minimum Gasteiger partial charge on any atom is -0.493 e. The molecule has 2 aromatic carbocycles. The van der Waals surface area contributed by atoms with E-state index in [0.717, 1.165) is 11.1 Å². The SMILES string of the molecule is COc1ccc(CCl)cc1OCc1ccc(Cl)cc1Cl. The molecule has 0 amide bonds. The van der Waals surface area contributed by atoms with Gasteiger partial charge in [-0.2, -0.15) is 0 Å². The van der Waals surface area contributed by atoms with E-state index < -0.39 is 0 Å². The van der Waals surface area contributed by atoms with Gasteiger partial charge < -0.3 is 9.47 Å². The molecule has 0 atom stereocenters. The Labute approximate surface area is 133 Å². The van der Waals surface area contributed by atoms with Gasteiger partial charge in [-0.25, -0.2) is 0 Å². The lowest BCUT2D eigenvalue weighted by molar-refractivity contribution is 0.284. The maximum absolute atomic E-state index is 6.11. The molecule has 0 aromatic heterocycles. The molecule has 0 N–H and O–H groups in total. The van der Waals surface area contributed by atoms with E-state index in [-0.39, 0.29) is 0 Å². The van der Waals surface area contributed by atoms with Crippen LogP contribution in [0.1, 0.15) is 11.1 Å². The highest BCUT2D eigenvalue weighted by Gasteiger charge is 2.08. The lowest BCUT2D eigenvalue weighted by Gasteiger charge is -2.12. The lowest BCUT2D eigenvalue weighted by Crippen LogP contribution is -1.99. The third-order valence-electron chi connectivity index (χ3n) is 2.78. The molecule has 2 nitrogen and oxygen atoms in total. The third-order valence-corrected chi connectivity index (χ3v) is 3.68. The fraction of sp³-hybridized carbons (Fsp3) is 0.200. The van der Waals surface area contributed by atoms with Gasteiger partial charge in [0.2, 0.25) is 0 Å². The van der Waals surface area contributed by atoms with Crippen LogP contribution in [0.4, 0.5) is 0 Å². The first-order valence-corrected chi connectivity index (χ1v) is 7.22. The van der Waals surface area contributed by atoms with E-state index >= 15 is 0 Å². The highest BCUT2D eigenvalue weighted by molar-refractivity contribution is 6.35. The number of rotatable bonds is 5. The molecule has 0 bridgehead atoms. The summed E-state index contributed by atoms with van der Waals surface area (Å²) in [7, 11) is 1.60. The smallest absolute Gasteiger partial charge is 0.161 e. The molecule has 20 heavy (non-hydrogen) atoms. The highest BCUT2D eigenvalue weighted by Crippen LogP contribution is 2.30. The zero-order valence-electron chi connectivity index (χ0n) is 10.8. The molecule has 0 spiro atoms. The van der Waals surface area contributed by atoms with Crippen LogP contribution in [-0.2, 0) is 12.5 Å². The van der Waals surface area contributed by atoms with Crippen molar-refractivity contribution < 1.29 is 9.47 Å². The number of alkyl halides is 1. The van der Waals surface area contributed by atoms with Gasteiger partial charge in [0.25, 0.3) is 0 Å². The predicted molar refractivity (Wildman–Crippen MR) is 83.3 cm³/mol. The average Bonchev–Trinajstić information content (AvgIpc) is 2.46. The van der Waals surface area contributed by atoms with Gasteiger partial charge in [-0.15, -0.1) is 11.6 Å². The zero-order valence-corrected chi connectivity index (χ0v) is 13.1. The topological polar surface area (TPSA) is 18.5 Å².